The van der Waals surface area contributed by atoms with Gasteiger partial charge in [-0.15, -0.1) is 0 Å². The van der Waals surface area contributed by atoms with Crippen molar-refractivity contribution < 1.29 is 19.1 Å². The zero-order valence-corrected chi connectivity index (χ0v) is 9.96. The van der Waals surface area contributed by atoms with E-state index in [4.69, 9.17) is 4.74 Å². The van der Waals surface area contributed by atoms with Crippen LogP contribution in [0, 0.1) is 0 Å². The van der Waals surface area contributed by atoms with Crippen LogP contribution in [0.3, 0.4) is 0 Å². The molecular formula is C13H13NO4. The monoisotopic (exact) mass is 247 g/mol. The Balaban J connectivity index is 2.38. The third-order valence-corrected chi connectivity index (χ3v) is 2.58. The van der Waals surface area contributed by atoms with E-state index in [2.05, 4.69) is 4.74 Å². The number of cyclic esters (lactones) is 1. The minimum atomic E-state index is -0.506. The summed E-state index contributed by atoms with van der Waals surface area (Å²) in [6, 6.07) is 9.17. The summed E-state index contributed by atoms with van der Waals surface area (Å²) in [6.07, 6.45) is 0.844. The molecule has 1 heterocycles. The molecule has 0 N–H and O–H groups in total. The molecule has 1 fully saturated rings. The van der Waals surface area contributed by atoms with Gasteiger partial charge in [0.1, 0.15) is 6.61 Å². The predicted octanol–water partition coefficient (Wildman–Crippen LogP) is 1.65. The first-order valence-electron chi connectivity index (χ1n) is 5.51. The first kappa shape index (κ1) is 12.2. The van der Waals surface area contributed by atoms with Crippen LogP contribution >= 0.6 is 0 Å². The maximum Gasteiger partial charge on any atom is 0.414 e. The topological polar surface area (TPSA) is 55.8 Å². The number of ether oxygens (including phenoxy) is 2. The molecule has 1 aliphatic heterocycles. The molecule has 0 aliphatic carbocycles. The highest BCUT2D eigenvalue weighted by atomic mass is 16.6. The van der Waals surface area contributed by atoms with E-state index in [1.54, 1.807) is 0 Å². The van der Waals surface area contributed by atoms with Gasteiger partial charge in [0.2, 0.25) is 0 Å². The van der Waals surface area contributed by atoms with Gasteiger partial charge in [-0.2, -0.15) is 0 Å². The number of nitrogens with zero attached hydrogens (tertiary/aromatic N) is 1. The van der Waals surface area contributed by atoms with Crippen molar-refractivity contribution in [3.8, 4) is 0 Å². The molecule has 94 valence electrons. The molecule has 5 heteroatoms. The van der Waals surface area contributed by atoms with Crippen LogP contribution in [0.5, 0.6) is 0 Å². The smallest absolute Gasteiger partial charge is 0.414 e. The van der Waals surface area contributed by atoms with E-state index in [0.29, 0.717) is 18.8 Å². The second kappa shape index (κ2) is 5.35. The van der Waals surface area contributed by atoms with Crippen LogP contribution in [-0.4, -0.2) is 37.2 Å². The molecule has 0 aromatic heterocycles. The van der Waals surface area contributed by atoms with Gasteiger partial charge in [-0.3, -0.25) is 4.90 Å². The van der Waals surface area contributed by atoms with Crippen LogP contribution in [0.1, 0.15) is 5.56 Å². The van der Waals surface area contributed by atoms with Gasteiger partial charge >= 0.3 is 12.1 Å². The van der Waals surface area contributed by atoms with Crippen molar-refractivity contribution in [3.63, 3.8) is 0 Å². The highest BCUT2D eigenvalue weighted by molar-refractivity contribution is 5.94. The Morgan fingerprint density at radius 3 is 2.67 bits per heavy atom. The Kier molecular flexibility index (Phi) is 3.62. The molecule has 5 nitrogen and oxygen atoms in total. The number of benzene rings is 1. The molecule has 1 saturated heterocycles. The van der Waals surface area contributed by atoms with Gasteiger partial charge in [0.25, 0.3) is 0 Å². The lowest BCUT2D eigenvalue weighted by Gasteiger charge is -2.17. The number of hydrogen-bond acceptors (Lipinski definition) is 4. The van der Waals surface area contributed by atoms with Gasteiger partial charge in [0.05, 0.1) is 19.4 Å². The van der Waals surface area contributed by atoms with Crippen LogP contribution in [0.25, 0.3) is 5.70 Å². The molecule has 1 aromatic rings. The summed E-state index contributed by atoms with van der Waals surface area (Å²) in [5.41, 5.74) is 1.26. The van der Waals surface area contributed by atoms with E-state index in [1.165, 1.54) is 18.1 Å². The van der Waals surface area contributed by atoms with Crippen molar-refractivity contribution in [2.24, 2.45) is 0 Å². The third kappa shape index (κ3) is 2.51. The van der Waals surface area contributed by atoms with Crippen molar-refractivity contribution >= 4 is 17.8 Å². The molecule has 0 radical (unpaired) electrons. The zero-order chi connectivity index (χ0) is 13.0. The van der Waals surface area contributed by atoms with Crippen molar-refractivity contribution in [1.29, 1.82) is 0 Å². The summed E-state index contributed by atoms with van der Waals surface area (Å²) in [5.74, 6) is -0.506. The van der Waals surface area contributed by atoms with E-state index >= 15 is 0 Å². The second-order valence-corrected chi connectivity index (χ2v) is 3.68. The van der Waals surface area contributed by atoms with E-state index < -0.39 is 12.1 Å². The maximum atomic E-state index is 11.6. The average Bonchev–Trinajstić information content (AvgIpc) is 2.83. The normalized spacial score (nSPS) is 15.5. The number of hydrogen-bond donors (Lipinski definition) is 0. The summed E-state index contributed by atoms with van der Waals surface area (Å²) in [5, 5.41) is 0. The summed E-state index contributed by atoms with van der Waals surface area (Å²) in [6.45, 7) is 0.751. The fourth-order valence-corrected chi connectivity index (χ4v) is 1.71. The van der Waals surface area contributed by atoms with E-state index in [1.807, 2.05) is 30.3 Å². The lowest BCUT2D eigenvalue weighted by atomic mass is 10.1. The zero-order valence-electron chi connectivity index (χ0n) is 9.96. The first-order valence-corrected chi connectivity index (χ1v) is 5.51. The molecule has 0 saturated carbocycles. The number of esters is 1. The molecule has 2 rings (SSSR count). The van der Waals surface area contributed by atoms with Gasteiger partial charge in [0, 0.05) is 6.08 Å². The van der Waals surface area contributed by atoms with Crippen LogP contribution in [0.2, 0.25) is 0 Å². The number of carbonyl (C=O) groups is 2. The standard InChI is InChI=1S/C13H13NO4/c1-17-12(15)9-11(10-5-3-2-4-6-10)14-7-8-18-13(14)16/h2-6,9H,7-8H2,1H3/b11-9-. The SMILES string of the molecule is COC(=O)/C=C(/c1ccccc1)N1CCOC1=O. The molecule has 0 spiro atoms. The van der Waals surface area contributed by atoms with Crippen LogP contribution in [0.4, 0.5) is 4.79 Å². The lowest BCUT2D eigenvalue weighted by Crippen LogP contribution is -2.23. The number of carbonyl (C=O) groups excluding carboxylic acids is 2. The minimum Gasteiger partial charge on any atom is -0.466 e. The van der Waals surface area contributed by atoms with E-state index in [-0.39, 0.29) is 0 Å². The van der Waals surface area contributed by atoms with E-state index in [0.717, 1.165) is 5.56 Å². The predicted molar refractivity (Wildman–Crippen MR) is 64.5 cm³/mol. The number of amides is 1. The fourth-order valence-electron chi connectivity index (χ4n) is 1.71. The maximum absolute atomic E-state index is 11.6. The van der Waals surface area contributed by atoms with Gasteiger partial charge in [-0.1, -0.05) is 30.3 Å². The van der Waals surface area contributed by atoms with Crippen molar-refractivity contribution in [2.45, 2.75) is 0 Å². The molecule has 1 amide bonds. The molecule has 0 unspecified atom stereocenters. The Morgan fingerprint density at radius 2 is 2.11 bits per heavy atom. The van der Waals surface area contributed by atoms with Gasteiger partial charge in [-0.25, -0.2) is 9.59 Å². The largest absolute Gasteiger partial charge is 0.466 e. The third-order valence-electron chi connectivity index (χ3n) is 2.58. The number of methoxy groups -OCH3 is 1. The van der Waals surface area contributed by atoms with Crippen molar-refractivity contribution in [3.05, 3.63) is 42.0 Å². The average molecular weight is 247 g/mol. The van der Waals surface area contributed by atoms with Crippen molar-refractivity contribution in [1.82, 2.24) is 4.90 Å². The summed E-state index contributed by atoms with van der Waals surface area (Å²) >= 11 is 0. The molecule has 1 aromatic carbocycles. The quantitative estimate of drug-likeness (QED) is 0.602. The Hall–Kier alpha value is -2.30. The summed E-state index contributed by atoms with van der Waals surface area (Å²) in [4.78, 5) is 24.4. The Bertz CT molecular complexity index is 481. The second-order valence-electron chi connectivity index (χ2n) is 3.68. The Labute approximate surface area is 105 Å². The Morgan fingerprint density at radius 1 is 1.39 bits per heavy atom. The summed E-state index contributed by atoms with van der Waals surface area (Å²) < 4.78 is 9.48. The van der Waals surface area contributed by atoms with Gasteiger partial charge in [-0.05, 0) is 5.56 Å². The first-order chi connectivity index (χ1) is 8.72. The van der Waals surface area contributed by atoms with Gasteiger partial charge in [0.15, 0.2) is 0 Å². The number of rotatable bonds is 3. The van der Waals surface area contributed by atoms with Gasteiger partial charge < -0.3 is 9.47 Å². The highest BCUT2D eigenvalue weighted by Crippen LogP contribution is 2.22. The lowest BCUT2D eigenvalue weighted by molar-refractivity contribution is -0.134. The fraction of sp³-hybridized carbons (Fsp3) is 0.231. The molecular weight excluding hydrogens is 234 g/mol. The highest BCUT2D eigenvalue weighted by Gasteiger charge is 2.27. The van der Waals surface area contributed by atoms with Crippen LogP contribution < -0.4 is 0 Å². The minimum absolute atomic E-state index is 0.324. The van der Waals surface area contributed by atoms with Crippen molar-refractivity contribution in [2.75, 3.05) is 20.3 Å². The molecule has 1 aliphatic rings. The molecule has 0 bridgehead atoms. The molecule has 0 atom stereocenters. The van der Waals surface area contributed by atoms with E-state index in [9.17, 15) is 9.59 Å². The summed E-state index contributed by atoms with van der Waals surface area (Å²) in [7, 11) is 1.30. The van der Waals surface area contributed by atoms with Crippen LogP contribution in [-0.2, 0) is 14.3 Å². The molecule has 18 heavy (non-hydrogen) atoms. The van der Waals surface area contributed by atoms with Crippen LogP contribution in [0.15, 0.2) is 36.4 Å².